The highest BCUT2D eigenvalue weighted by Gasteiger charge is 2.11. The highest BCUT2D eigenvalue weighted by atomic mass is 28.3. The van der Waals surface area contributed by atoms with E-state index in [2.05, 4.69) is 43.4 Å². The molecule has 0 aromatic heterocycles. The molecular formula is C11H28N2Si. The molecule has 0 bridgehead atoms. The van der Waals surface area contributed by atoms with Gasteiger partial charge in [-0.1, -0.05) is 33.5 Å². The lowest BCUT2D eigenvalue weighted by atomic mass is 10.3. The Hall–Kier alpha value is 0.137. The first-order chi connectivity index (χ1) is 6.49. The van der Waals surface area contributed by atoms with Crippen LogP contribution >= 0.6 is 0 Å². The maximum Gasteiger partial charge on any atom is 0.116 e. The Morgan fingerprint density at radius 2 is 1.43 bits per heavy atom. The number of hydrogen-bond acceptors (Lipinski definition) is 2. The zero-order valence-electron chi connectivity index (χ0n) is 10.7. The first-order valence-electron chi connectivity index (χ1n) is 5.97. The smallest absolute Gasteiger partial charge is 0.116 e. The summed E-state index contributed by atoms with van der Waals surface area (Å²) >= 11 is 0. The maximum absolute atomic E-state index is 3.67. The van der Waals surface area contributed by atoms with Crippen LogP contribution in [0.3, 0.4) is 0 Å². The minimum absolute atomic E-state index is 1.05. The fourth-order valence-corrected chi connectivity index (χ4v) is 2.42. The summed E-state index contributed by atoms with van der Waals surface area (Å²) in [6.45, 7) is 16.5. The average Bonchev–Trinajstić information content (AvgIpc) is 2.02. The SMILES string of the molecule is CCCN(CCC)CCN[Si](C)(C)C. The van der Waals surface area contributed by atoms with Crippen LogP contribution < -0.4 is 4.98 Å². The Kier molecular flexibility index (Phi) is 7.50. The van der Waals surface area contributed by atoms with E-state index < -0.39 is 8.24 Å². The molecule has 0 aliphatic rings. The van der Waals surface area contributed by atoms with E-state index in [0.29, 0.717) is 0 Å². The molecule has 14 heavy (non-hydrogen) atoms. The molecule has 86 valence electrons. The van der Waals surface area contributed by atoms with E-state index >= 15 is 0 Å². The summed E-state index contributed by atoms with van der Waals surface area (Å²) in [6.07, 6.45) is 2.54. The van der Waals surface area contributed by atoms with Crippen LogP contribution in [0.25, 0.3) is 0 Å². The molecule has 0 spiro atoms. The molecule has 0 heterocycles. The molecule has 0 rings (SSSR count). The van der Waals surface area contributed by atoms with Crippen molar-refractivity contribution in [1.29, 1.82) is 0 Å². The van der Waals surface area contributed by atoms with Gasteiger partial charge >= 0.3 is 0 Å². The third-order valence-corrected chi connectivity index (χ3v) is 3.47. The number of hydrogen-bond donors (Lipinski definition) is 1. The van der Waals surface area contributed by atoms with Crippen LogP contribution in [-0.4, -0.2) is 39.3 Å². The molecule has 0 aromatic carbocycles. The van der Waals surface area contributed by atoms with Gasteiger partial charge in [0.25, 0.3) is 0 Å². The summed E-state index contributed by atoms with van der Waals surface area (Å²) in [6, 6.07) is 0. The van der Waals surface area contributed by atoms with Crippen molar-refractivity contribution in [3.8, 4) is 0 Å². The molecule has 3 heteroatoms. The third kappa shape index (κ3) is 8.72. The second kappa shape index (κ2) is 7.43. The lowest BCUT2D eigenvalue weighted by molar-refractivity contribution is 0.279. The summed E-state index contributed by atoms with van der Waals surface area (Å²) in [5.41, 5.74) is 0. The summed E-state index contributed by atoms with van der Waals surface area (Å²) in [4.78, 5) is 6.23. The lowest BCUT2D eigenvalue weighted by Gasteiger charge is -2.24. The van der Waals surface area contributed by atoms with E-state index in [4.69, 9.17) is 0 Å². The molecule has 0 radical (unpaired) electrons. The highest BCUT2D eigenvalue weighted by molar-refractivity contribution is 6.73. The van der Waals surface area contributed by atoms with Gasteiger partial charge in [0.1, 0.15) is 8.24 Å². The van der Waals surface area contributed by atoms with E-state index in [1.54, 1.807) is 0 Å². The van der Waals surface area contributed by atoms with Gasteiger partial charge in [0, 0.05) is 13.1 Å². The van der Waals surface area contributed by atoms with Crippen LogP contribution in [0.15, 0.2) is 0 Å². The predicted molar refractivity (Wildman–Crippen MR) is 68.4 cm³/mol. The second-order valence-corrected chi connectivity index (χ2v) is 9.87. The van der Waals surface area contributed by atoms with Gasteiger partial charge in [0.05, 0.1) is 0 Å². The molecule has 0 atom stereocenters. The fraction of sp³-hybridized carbons (Fsp3) is 1.00. The third-order valence-electron chi connectivity index (χ3n) is 2.16. The van der Waals surface area contributed by atoms with Crippen molar-refractivity contribution in [1.82, 2.24) is 9.88 Å². The quantitative estimate of drug-likeness (QED) is 0.627. The fourth-order valence-electron chi connectivity index (χ4n) is 1.56. The molecule has 0 fully saturated rings. The minimum atomic E-state index is -1.05. The van der Waals surface area contributed by atoms with E-state index in [9.17, 15) is 0 Å². The van der Waals surface area contributed by atoms with Gasteiger partial charge in [-0.15, -0.1) is 0 Å². The summed E-state index contributed by atoms with van der Waals surface area (Å²) in [5, 5.41) is 0. The van der Waals surface area contributed by atoms with Gasteiger partial charge < -0.3 is 9.88 Å². The van der Waals surface area contributed by atoms with Crippen LogP contribution in [0.4, 0.5) is 0 Å². The van der Waals surface area contributed by atoms with Crippen molar-refractivity contribution in [2.45, 2.75) is 46.3 Å². The van der Waals surface area contributed by atoms with E-state index in [1.165, 1.54) is 32.5 Å². The molecule has 0 unspecified atom stereocenters. The van der Waals surface area contributed by atoms with Crippen molar-refractivity contribution in [2.75, 3.05) is 26.2 Å². The Bertz CT molecular complexity index is 126. The van der Waals surface area contributed by atoms with Crippen molar-refractivity contribution < 1.29 is 0 Å². The number of nitrogens with one attached hydrogen (secondary N) is 1. The van der Waals surface area contributed by atoms with Crippen molar-refractivity contribution >= 4 is 8.24 Å². The second-order valence-electron chi connectivity index (χ2n) is 5.02. The normalized spacial score (nSPS) is 12.4. The number of nitrogens with zero attached hydrogens (tertiary/aromatic N) is 1. The Morgan fingerprint density at radius 3 is 1.79 bits per heavy atom. The lowest BCUT2D eigenvalue weighted by Crippen LogP contribution is -2.45. The molecule has 0 aliphatic heterocycles. The van der Waals surface area contributed by atoms with Crippen LogP contribution in [0.5, 0.6) is 0 Å². The molecular weight excluding hydrogens is 188 g/mol. The van der Waals surface area contributed by atoms with Gasteiger partial charge in [0.2, 0.25) is 0 Å². The summed E-state index contributed by atoms with van der Waals surface area (Å²) < 4.78 is 0. The van der Waals surface area contributed by atoms with Gasteiger partial charge in [-0.2, -0.15) is 0 Å². The van der Waals surface area contributed by atoms with E-state index in [0.717, 1.165) is 6.54 Å². The van der Waals surface area contributed by atoms with Crippen molar-refractivity contribution in [2.24, 2.45) is 0 Å². The Balaban J connectivity index is 3.60. The highest BCUT2D eigenvalue weighted by Crippen LogP contribution is 1.96. The molecule has 0 aromatic rings. The maximum atomic E-state index is 3.67. The summed E-state index contributed by atoms with van der Waals surface area (Å²) in [7, 11) is -1.05. The largest absolute Gasteiger partial charge is 0.336 e. The molecule has 0 saturated carbocycles. The molecule has 0 amide bonds. The molecule has 2 nitrogen and oxygen atoms in total. The van der Waals surface area contributed by atoms with Crippen LogP contribution in [-0.2, 0) is 0 Å². The molecule has 0 aliphatic carbocycles. The van der Waals surface area contributed by atoms with E-state index in [1.807, 2.05) is 0 Å². The van der Waals surface area contributed by atoms with Gasteiger partial charge in [0.15, 0.2) is 0 Å². The van der Waals surface area contributed by atoms with Crippen molar-refractivity contribution in [3.05, 3.63) is 0 Å². The van der Waals surface area contributed by atoms with Crippen molar-refractivity contribution in [3.63, 3.8) is 0 Å². The summed E-state index contributed by atoms with van der Waals surface area (Å²) in [5.74, 6) is 0. The zero-order chi connectivity index (χ0) is 11.0. The Labute approximate surface area is 91.2 Å². The average molecular weight is 216 g/mol. The van der Waals surface area contributed by atoms with Crippen LogP contribution in [0, 0.1) is 0 Å². The van der Waals surface area contributed by atoms with Crippen LogP contribution in [0.1, 0.15) is 26.7 Å². The molecule has 1 N–H and O–H groups in total. The standard InChI is InChI=1S/C11H28N2Si/c1-6-9-13(10-7-2)11-8-12-14(3,4)5/h12H,6-11H2,1-5H3. The monoisotopic (exact) mass is 216 g/mol. The van der Waals surface area contributed by atoms with Gasteiger partial charge in [-0.25, -0.2) is 0 Å². The molecule has 0 saturated heterocycles. The first kappa shape index (κ1) is 14.1. The van der Waals surface area contributed by atoms with Gasteiger partial charge in [-0.3, -0.25) is 0 Å². The topological polar surface area (TPSA) is 15.3 Å². The minimum Gasteiger partial charge on any atom is -0.336 e. The van der Waals surface area contributed by atoms with Gasteiger partial charge in [-0.05, 0) is 25.9 Å². The van der Waals surface area contributed by atoms with E-state index in [-0.39, 0.29) is 0 Å². The predicted octanol–water partition coefficient (Wildman–Crippen LogP) is 2.53. The first-order valence-corrected chi connectivity index (χ1v) is 9.47. The number of rotatable bonds is 8. The van der Waals surface area contributed by atoms with Crippen LogP contribution in [0.2, 0.25) is 19.6 Å². The zero-order valence-corrected chi connectivity index (χ0v) is 11.7. The Morgan fingerprint density at radius 1 is 0.929 bits per heavy atom.